The van der Waals surface area contributed by atoms with Crippen LogP contribution in [-0.4, -0.2) is 48.5 Å². The molecule has 2 aromatic rings. The summed E-state index contributed by atoms with van der Waals surface area (Å²) in [5.41, 5.74) is 1.05. The second-order valence-corrected chi connectivity index (χ2v) is 13.3. The maximum atomic E-state index is 14.4. The van der Waals surface area contributed by atoms with Gasteiger partial charge in [0.15, 0.2) is 5.54 Å². The molecule has 6 nitrogen and oxygen atoms in total. The summed E-state index contributed by atoms with van der Waals surface area (Å²) in [6.07, 6.45) is 2.93. The van der Waals surface area contributed by atoms with Crippen LogP contribution in [0.3, 0.4) is 0 Å². The zero-order valence-corrected chi connectivity index (χ0v) is 21.3. The van der Waals surface area contributed by atoms with Gasteiger partial charge in [-0.05, 0) is 55.2 Å². The summed E-state index contributed by atoms with van der Waals surface area (Å²) in [5.74, 6) is 0.450. The Bertz CT molecular complexity index is 1320. The number of sulfonamides is 1. The molecule has 2 saturated carbocycles. The number of nitrogens with zero attached hydrogens (tertiary/aromatic N) is 2. The fraction of sp³-hybridized carbons (Fsp3) is 0.500. The molecule has 2 bridgehead atoms. The molecule has 2 aromatic carbocycles. The van der Waals surface area contributed by atoms with Gasteiger partial charge in [0.25, 0.3) is 5.91 Å². The third-order valence-corrected chi connectivity index (χ3v) is 11.3. The normalized spacial score (nSPS) is 33.9. The van der Waals surface area contributed by atoms with Crippen LogP contribution in [0.2, 0.25) is 0 Å². The zero-order chi connectivity index (χ0) is 24.6. The first-order valence-electron chi connectivity index (χ1n) is 12.5. The van der Waals surface area contributed by atoms with Gasteiger partial charge in [0.2, 0.25) is 15.9 Å². The van der Waals surface area contributed by atoms with Crippen molar-refractivity contribution in [1.29, 1.82) is 0 Å². The van der Waals surface area contributed by atoms with Crippen molar-refractivity contribution in [2.24, 2.45) is 21.7 Å². The number of aliphatic imine (C=N–C) groups is 1. The molecule has 4 aliphatic rings. The molecule has 0 aromatic heterocycles. The Morgan fingerprint density at radius 3 is 2.51 bits per heavy atom. The predicted octanol–water partition coefficient (Wildman–Crippen LogP) is 4.12. The number of amides is 1. The summed E-state index contributed by atoms with van der Waals surface area (Å²) in [5, 5.41) is 0. The monoisotopic (exact) mass is 492 g/mol. The second kappa shape index (κ2) is 7.42. The number of benzene rings is 2. The van der Waals surface area contributed by atoms with Crippen LogP contribution in [0.5, 0.6) is 0 Å². The Morgan fingerprint density at radius 2 is 1.83 bits per heavy atom. The highest BCUT2D eigenvalue weighted by Crippen LogP contribution is 2.70. The Balaban J connectivity index is 1.44. The average molecular weight is 493 g/mol. The quantitative estimate of drug-likeness (QED) is 0.643. The number of carbonyl (C=O) groups is 1. The number of rotatable bonds is 4. The van der Waals surface area contributed by atoms with Crippen LogP contribution in [0.25, 0.3) is 0 Å². The van der Waals surface area contributed by atoms with E-state index in [-0.39, 0.29) is 29.2 Å². The van der Waals surface area contributed by atoms with Gasteiger partial charge in [-0.3, -0.25) is 4.79 Å². The maximum absolute atomic E-state index is 14.4. The first-order valence-corrected chi connectivity index (χ1v) is 14.1. The zero-order valence-electron chi connectivity index (χ0n) is 20.5. The second-order valence-electron chi connectivity index (χ2n) is 11.5. The van der Waals surface area contributed by atoms with Crippen molar-refractivity contribution < 1.29 is 17.9 Å². The highest BCUT2D eigenvalue weighted by atomic mass is 32.2. The number of hydrogen-bond donors (Lipinski definition) is 0. The van der Waals surface area contributed by atoms with Gasteiger partial charge in [-0.25, -0.2) is 17.7 Å². The number of hydrogen-bond acceptors (Lipinski definition) is 5. The van der Waals surface area contributed by atoms with Crippen molar-refractivity contribution in [2.75, 3.05) is 12.4 Å². The van der Waals surface area contributed by atoms with E-state index in [9.17, 15) is 13.2 Å². The Morgan fingerprint density at radius 1 is 1.11 bits per heavy atom. The molecule has 1 saturated heterocycles. The van der Waals surface area contributed by atoms with Crippen LogP contribution < -0.4 is 0 Å². The SMILES string of the molecule is Cc1ccc(C[C@@]2(C(=O)N3[C@@H]4C[C@H]5CC[C@]4(CS3(=O)=O)C5(C)C)COC(c3ccccc3)=N2)cc1. The van der Waals surface area contributed by atoms with E-state index in [4.69, 9.17) is 9.73 Å². The number of aryl methyl sites for hydroxylation is 1. The summed E-state index contributed by atoms with van der Waals surface area (Å²) >= 11 is 0. The number of fused-ring (bicyclic) bond motifs is 1. The van der Waals surface area contributed by atoms with E-state index in [0.717, 1.165) is 36.0 Å². The van der Waals surface area contributed by atoms with Gasteiger partial charge in [-0.1, -0.05) is 61.9 Å². The number of ether oxygens (including phenoxy) is 1. The van der Waals surface area contributed by atoms with E-state index in [1.807, 2.05) is 61.5 Å². The van der Waals surface area contributed by atoms with Crippen molar-refractivity contribution in [3.05, 3.63) is 71.3 Å². The minimum Gasteiger partial charge on any atom is -0.474 e. The predicted molar refractivity (Wildman–Crippen MR) is 135 cm³/mol. The third-order valence-electron chi connectivity index (χ3n) is 9.41. The summed E-state index contributed by atoms with van der Waals surface area (Å²) in [4.78, 5) is 19.3. The van der Waals surface area contributed by atoms with Crippen molar-refractivity contribution in [3.8, 4) is 0 Å². The molecule has 2 heterocycles. The third kappa shape index (κ3) is 3.16. The highest BCUT2D eigenvalue weighted by molar-refractivity contribution is 7.90. The van der Waals surface area contributed by atoms with Crippen molar-refractivity contribution in [1.82, 2.24) is 4.31 Å². The first kappa shape index (κ1) is 22.8. The molecule has 0 unspecified atom stereocenters. The first-order chi connectivity index (χ1) is 16.6. The molecule has 2 aliphatic carbocycles. The summed E-state index contributed by atoms with van der Waals surface area (Å²) in [6, 6.07) is 17.2. The van der Waals surface area contributed by atoms with Gasteiger partial charge in [0.05, 0.1) is 11.8 Å². The standard InChI is InChI=1S/C28H32N2O4S/c1-19-9-11-20(12-10-19)16-28(17-34-24(29-28)21-7-5-4-6-8-21)25(31)30-23-15-22-13-14-27(23,26(22,2)3)18-35(30,32)33/h4-12,22-23H,13-18H2,1-3H3/t22-,23-,27-,28+/m1/s1. The fourth-order valence-corrected chi connectivity index (χ4v) is 9.85. The van der Waals surface area contributed by atoms with Crippen LogP contribution in [0.15, 0.2) is 59.6 Å². The van der Waals surface area contributed by atoms with E-state index in [1.165, 1.54) is 4.31 Å². The van der Waals surface area contributed by atoms with Crippen molar-refractivity contribution >= 4 is 21.8 Å². The maximum Gasteiger partial charge on any atom is 0.268 e. The van der Waals surface area contributed by atoms with Crippen LogP contribution in [0.1, 0.15) is 49.8 Å². The molecule has 7 heteroatoms. The molecular weight excluding hydrogens is 460 g/mol. The van der Waals surface area contributed by atoms with Gasteiger partial charge < -0.3 is 4.74 Å². The van der Waals surface area contributed by atoms with Gasteiger partial charge in [0.1, 0.15) is 6.61 Å². The van der Waals surface area contributed by atoms with Crippen LogP contribution in [0, 0.1) is 23.7 Å². The summed E-state index contributed by atoms with van der Waals surface area (Å²) < 4.78 is 34.6. The molecule has 1 spiro atoms. The lowest BCUT2D eigenvalue weighted by atomic mass is 9.69. The van der Waals surface area contributed by atoms with Crippen molar-refractivity contribution in [2.45, 2.75) is 58.0 Å². The lowest BCUT2D eigenvalue weighted by molar-refractivity contribution is -0.135. The lowest BCUT2D eigenvalue weighted by Crippen LogP contribution is -2.54. The highest BCUT2D eigenvalue weighted by Gasteiger charge is 2.73. The molecule has 184 valence electrons. The molecule has 35 heavy (non-hydrogen) atoms. The van der Waals surface area contributed by atoms with E-state index in [0.29, 0.717) is 18.2 Å². The minimum atomic E-state index is -3.76. The van der Waals surface area contributed by atoms with Gasteiger partial charge in [0, 0.05) is 17.4 Å². The molecule has 0 N–H and O–H groups in total. The minimum absolute atomic E-state index is 0.0303. The van der Waals surface area contributed by atoms with E-state index in [2.05, 4.69) is 13.8 Å². The van der Waals surface area contributed by atoms with E-state index >= 15 is 0 Å². The number of carbonyl (C=O) groups excluding carboxylic acids is 1. The van der Waals surface area contributed by atoms with Gasteiger partial charge >= 0.3 is 0 Å². The van der Waals surface area contributed by atoms with Crippen LogP contribution in [-0.2, 0) is 26.0 Å². The Labute approximate surface area is 207 Å². The molecule has 0 radical (unpaired) electrons. The van der Waals surface area contributed by atoms with Gasteiger partial charge in [-0.2, -0.15) is 0 Å². The molecule has 2 aliphatic heterocycles. The summed E-state index contributed by atoms with van der Waals surface area (Å²) in [6.45, 7) is 6.44. The molecule has 1 amide bonds. The Kier molecular flexibility index (Phi) is 4.83. The molecule has 4 atom stereocenters. The lowest BCUT2D eigenvalue weighted by Gasteiger charge is -2.38. The van der Waals surface area contributed by atoms with Crippen LogP contribution in [0.4, 0.5) is 0 Å². The average Bonchev–Trinajstić information content (AvgIpc) is 3.49. The Hall–Kier alpha value is -2.67. The molecular formula is C28H32N2O4S. The van der Waals surface area contributed by atoms with E-state index in [1.54, 1.807) is 0 Å². The topological polar surface area (TPSA) is 76.0 Å². The van der Waals surface area contributed by atoms with Gasteiger partial charge in [-0.15, -0.1) is 0 Å². The summed E-state index contributed by atoms with van der Waals surface area (Å²) in [7, 11) is -3.76. The van der Waals surface area contributed by atoms with Crippen LogP contribution >= 0.6 is 0 Å². The fourth-order valence-electron chi connectivity index (χ4n) is 7.26. The van der Waals surface area contributed by atoms with Crippen molar-refractivity contribution in [3.63, 3.8) is 0 Å². The molecule has 3 fully saturated rings. The largest absolute Gasteiger partial charge is 0.474 e. The van der Waals surface area contributed by atoms with E-state index < -0.39 is 21.5 Å². The smallest absolute Gasteiger partial charge is 0.268 e. The molecule has 6 rings (SSSR count).